The van der Waals surface area contributed by atoms with Gasteiger partial charge in [-0.15, -0.1) is 0 Å². The number of nitrogens with one attached hydrogen (secondary N) is 1. The number of aromatic nitrogens is 1. The number of rotatable bonds is 6. The quantitative estimate of drug-likeness (QED) is 0.811. The predicted molar refractivity (Wildman–Crippen MR) is 69.8 cm³/mol. The topological polar surface area (TPSA) is 86.1 Å². The molecule has 0 aromatic carbocycles. The molecule has 0 amide bonds. The first-order chi connectivity index (χ1) is 9.04. The Labute approximate surface area is 113 Å². The summed E-state index contributed by atoms with van der Waals surface area (Å²) < 4.78 is 26.6. The normalized spacial score (nSPS) is 15.4. The van der Waals surface area contributed by atoms with Crippen molar-refractivity contribution in [1.29, 1.82) is 5.26 Å². The summed E-state index contributed by atoms with van der Waals surface area (Å²) >= 11 is 0. The van der Waals surface area contributed by atoms with Crippen molar-refractivity contribution in [2.45, 2.75) is 23.8 Å². The number of likely N-dealkylation sites (N-methyl/N-ethyl adjacent to an activating group) is 1. The van der Waals surface area contributed by atoms with Crippen LogP contribution in [0.2, 0.25) is 0 Å². The van der Waals surface area contributed by atoms with Gasteiger partial charge in [-0.05, 0) is 32.0 Å². The van der Waals surface area contributed by atoms with Crippen LogP contribution in [0.4, 0.5) is 0 Å². The number of hydrogen-bond donors (Lipinski definition) is 1. The van der Waals surface area contributed by atoms with Crippen LogP contribution in [-0.2, 0) is 10.0 Å². The first-order valence-corrected chi connectivity index (χ1v) is 7.58. The van der Waals surface area contributed by atoms with Crippen LogP contribution >= 0.6 is 0 Å². The molecule has 0 radical (unpaired) electrons. The molecule has 0 unspecified atom stereocenters. The maximum atomic E-state index is 12.1. The lowest BCUT2D eigenvalue weighted by molar-refractivity contribution is 0.329. The Bertz CT molecular complexity index is 590. The minimum atomic E-state index is -3.67. The fourth-order valence-corrected chi connectivity index (χ4v) is 2.95. The highest BCUT2D eigenvalue weighted by atomic mass is 32.2. The number of nitriles is 1. The highest BCUT2D eigenvalue weighted by Gasteiger charge is 2.26. The van der Waals surface area contributed by atoms with Crippen LogP contribution in [0.25, 0.3) is 0 Å². The smallest absolute Gasteiger partial charge is 0.243 e. The molecule has 0 bridgehead atoms. The molecule has 102 valence electrons. The van der Waals surface area contributed by atoms with E-state index in [1.807, 2.05) is 7.05 Å². The van der Waals surface area contributed by atoms with Crippen LogP contribution < -0.4 is 4.72 Å². The molecule has 1 saturated carbocycles. The Morgan fingerprint density at radius 2 is 2.32 bits per heavy atom. The highest BCUT2D eigenvalue weighted by molar-refractivity contribution is 7.89. The lowest BCUT2D eigenvalue weighted by Gasteiger charge is -2.15. The van der Waals surface area contributed by atoms with Crippen LogP contribution in [0.3, 0.4) is 0 Å². The van der Waals surface area contributed by atoms with Crippen molar-refractivity contribution in [1.82, 2.24) is 14.6 Å². The molecule has 1 aromatic heterocycles. The minimum Gasteiger partial charge on any atom is -0.302 e. The second-order valence-electron chi connectivity index (χ2n) is 4.57. The Hall–Kier alpha value is -1.49. The van der Waals surface area contributed by atoms with Crippen molar-refractivity contribution < 1.29 is 8.42 Å². The molecule has 6 nitrogen and oxygen atoms in total. The summed E-state index contributed by atoms with van der Waals surface area (Å²) in [7, 11) is -1.68. The van der Waals surface area contributed by atoms with E-state index in [9.17, 15) is 8.42 Å². The predicted octanol–water partition coefficient (Wildman–Crippen LogP) is 0.326. The van der Waals surface area contributed by atoms with Crippen molar-refractivity contribution >= 4 is 10.0 Å². The zero-order chi connectivity index (χ0) is 13.9. The van der Waals surface area contributed by atoms with Crippen molar-refractivity contribution in [2.75, 3.05) is 20.1 Å². The van der Waals surface area contributed by atoms with Crippen molar-refractivity contribution in [2.24, 2.45) is 0 Å². The van der Waals surface area contributed by atoms with E-state index in [0.29, 0.717) is 19.1 Å². The van der Waals surface area contributed by atoms with Crippen LogP contribution in [0.15, 0.2) is 23.2 Å². The van der Waals surface area contributed by atoms with E-state index in [0.717, 1.165) is 0 Å². The molecule has 1 aliphatic carbocycles. The maximum absolute atomic E-state index is 12.1. The summed E-state index contributed by atoms with van der Waals surface area (Å²) in [6, 6.07) is 5.28. The fourth-order valence-electron chi connectivity index (χ4n) is 1.82. The fraction of sp³-hybridized carbons (Fsp3) is 0.500. The SMILES string of the molecule is CN(CCNS(=O)(=O)c1cccnc1C#N)C1CC1. The van der Waals surface area contributed by atoms with Gasteiger partial charge in [-0.25, -0.2) is 18.1 Å². The summed E-state index contributed by atoms with van der Waals surface area (Å²) in [5.74, 6) is 0. The molecule has 1 aromatic rings. The van der Waals surface area contributed by atoms with E-state index in [4.69, 9.17) is 5.26 Å². The van der Waals surface area contributed by atoms with Crippen molar-refractivity contribution in [3.05, 3.63) is 24.0 Å². The average molecular weight is 280 g/mol. The molecule has 2 rings (SSSR count). The molecule has 7 heteroatoms. The third-order valence-electron chi connectivity index (χ3n) is 3.09. The lowest BCUT2D eigenvalue weighted by Crippen LogP contribution is -2.34. The van der Waals surface area contributed by atoms with Crippen LogP contribution in [0.5, 0.6) is 0 Å². The van der Waals surface area contributed by atoms with Gasteiger partial charge in [0.1, 0.15) is 11.0 Å². The van der Waals surface area contributed by atoms with E-state index >= 15 is 0 Å². The van der Waals surface area contributed by atoms with Gasteiger partial charge in [-0.1, -0.05) is 0 Å². The van der Waals surface area contributed by atoms with Gasteiger partial charge in [-0.3, -0.25) is 0 Å². The number of hydrogen-bond acceptors (Lipinski definition) is 5. The first-order valence-electron chi connectivity index (χ1n) is 6.09. The minimum absolute atomic E-state index is 0.0634. The monoisotopic (exact) mass is 280 g/mol. The molecular formula is C12H16N4O2S. The van der Waals surface area contributed by atoms with Gasteiger partial charge in [0.2, 0.25) is 10.0 Å². The van der Waals surface area contributed by atoms with E-state index in [1.54, 1.807) is 6.07 Å². The lowest BCUT2D eigenvalue weighted by atomic mass is 10.4. The Morgan fingerprint density at radius 3 is 2.95 bits per heavy atom. The molecule has 1 aliphatic rings. The van der Waals surface area contributed by atoms with Gasteiger partial charge in [0.05, 0.1) is 0 Å². The molecule has 0 aliphatic heterocycles. The number of sulfonamides is 1. The van der Waals surface area contributed by atoms with E-state index < -0.39 is 10.0 Å². The molecule has 0 saturated heterocycles. The zero-order valence-corrected chi connectivity index (χ0v) is 11.5. The standard InChI is InChI=1S/C12H16N4O2S/c1-16(10-4-5-10)8-7-15-19(17,18)12-3-2-6-14-11(12)9-13/h2-3,6,10,15H,4-5,7-8H2,1H3. The Balaban J connectivity index is 1.99. The zero-order valence-electron chi connectivity index (χ0n) is 10.7. The van der Waals surface area contributed by atoms with Crippen LogP contribution in [0, 0.1) is 11.3 Å². The average Bonchev–Trinajstić information content (AvgIpc) is 3.22. The van der Waals surface area contributed by atoms with Gasteiger partial charge < -0.3 is 4.90 Å². The summed E-state index contributed by atoms with van der Waals surface area (Å²) in [5.41, 5.74) is -0.0782. The van der Waals surface area contributed by atoms with Gasteiger partial charge in [0, 0.05) is 25.3 Å². The van der Waals surface area contributed by atoms with E-state index in [2.05, 4.69) is 14.6 Å². The summed E-state index contributed by atoms with van der Waals surface area (Å²) in [6.45, 7) is 0.987. The Morgan fingerprint density at radius 1 is 1.58 bits per heavy atom. The summed E-state index contributed by atoms with van der Waals surface area (Å²) in [5, 5.41) is 8.86. The van der Waals surface area contributed by atoms with Gasteiger partial charge in [0.25, 0.3) is 0 Å². The van der Waals surface area contributed by atoms with Crippen LogP contribution in [-0.4, -0.2) is 44.5 Å². The van der Waals surface area contributed by atoms with Crippen molar-refractivity contribution in [3.8, 4) is 6.07 Å². The highest BCUT2D eigenvalue weighted by Crippen LogP contribution is 2.24. The third kappa shape index (κ3) is 3.50. The van der Waals surface area contributed by atoms with Crippen molar-refractivity contribution in [3.63, 3.8) is 0 Å². The van der Waals surface area contributed by atoms with Crippen LogP contribution in [0.1, 0.15) is 18.5 Å². The maximum Gasteiger partial charge on any atom is 0.243 e. The first kappa shape index (κ1) is 13.9. The van der Waals surface area contributed by atoms with Gasteiger partial charge >= 0.3 is 0 Å². The Kier molecular flexibility index (Phi) is 4.14. The number of nitrogens with zero attached hydrogens (tertiary/aromatic N) is 3. The van der Waals surface area contributed by atoms with E-state index in [-0.39, 0.29) is 10.6 Å². The van der Waals surface area contributed by atoms with E-state index in [1.165, 1.54) is 31.2 Å². The molecule has 0 spiro atoms. The molecule has 1 N–H and O–H groups in total. The summed E-state index contributed by atoms with van der Waals surface area (Å²) in [4.78, 5) is 5.83. The largest absolute Gasteiger partial charge is 0.302 e. The molecule has 1 heterocycles. The summed E-state index contributed by atoms with van der Waals surface area (Å²) in [6.07, 6.45) is 3.77. The molecular weight excluding hydrogens is 264 g/mol. The van der Waals surface area contributed by atoms with Gasteiger partial charge in [-0.2, -0.15) is 5.26 Å². The van der Waals surface area contributed by atoms with Gasteiger partial charge in [0.15, 0.2) is 5.69 Å². The number of pyridine rings is 1. The third-order valence-corrected chi connectivity index (χ3v) is 4.59. The molecule has 0 atom stereocenters. The second kappa shape index (κ2) is 5.65. The molecule has 19 heavy (non-hydrogen) atoms. The second-order valence-corrected chi connectivity index (χ2v) is 6.31. The molecule has 1 fully saturated rings.